The molecule has 1 aromatic rings. The van der Waals surface area contributed by atoms with Crippen LogP contribution in [0.5, 0.6) is 0 Å². The third-order valence-corrected chi connectivity index (χ3v) is 1.36. The number of epoxide rings is 1. The molecular formula is C10H14O2. The number of benzene rings is 1. The molecule has 2 rings (SSSR count). The second-order valence-corrected chi connectivity index (χ2v) is 2.53. The minimum atomic E-state index is 0.709. The van der Waals surface area contributed by atoms with Crippen LogP contribution in [0.2, 0.25) is 0 Å². The van der Waals surface area contributed by atoms with Gasteiger partial charge >= 0.3 is 0 Å². The average Bonchev–Trinajstić information content (AvgIpc) is 2.93. The minimum absolute atomic E-state index is 0.709. The van der Waals surface area contributed by atoms with E-state index in [1.807, 2.05) is 30.3 Å². The van der Waals surface area contributed by atoms with E-state index in [1.54, 1.807) is 7.11 Å². The van der Waals surface area contributed by atoms with E-state index >= 15 is 0 Å². The number of rotatable bonds is 2. The van der Waals surface area contributed by atoms with Crippen LogP contribution in [-0.4, -0.2) is 20.3 Å². The summed E-state index contributed by atoms with van der Waals surface area (Å²) in [5.41, 5.74) is 1.22. The second kappa shape index (κ2) is 5.75. The lowest BCUT2D eigenvalue weighted by Gasteiger charge is -1.95. The molecule has 0 N–H and O–H groups in total. The van der Waals surface area contributed by atoms with E-state index in [-0.39, 0.29) is 0 Å². The van der Waals surface area contributed by atoms with Gasteiger partial charge < -0.3 is 9.47 Å². The highest BCUT2D eigenvalue weighted by molar-refractivity contribution is 5.13. The van der Waals surface area contributed by atoms with Gasteiger partial charge in [-0.3, -0.25) is 0 Å². The standard InChI is InChI=1S/C8H10O.C2H4O/c1-9-7-8-5-3-2-4-6-8;1-2-3-1/h2-6H,7H2,1H3;1-2H2. The van der Waals surface area contributed by atoms with Crippen LogP contribution in [0, 0.1) is 0 Å². The summed E-state index contributed by atoms with van der Waals surface area (Å²) in [7, 11) is 1.70. The second-order valence-electron chi connectivity index (χ2n) is 2.53. The maximum Gasteiger partial charge on any atom is 0.0713 e. The largest absolute Gasteiger partial charge is 0.380 e. The zero-order valence-corrected chi connectivity index (χ0v) is 7.32. The third-order valence-electron chi connectivity index (χ3n) is 1.36. The Labute approximate surface area is 73.1 Å². The Balaban J connectivity index is 0.000000200. The maximum atomic E-state index is 4.93. The lowest BCUT2D eigenvalue weighted by Crippen LogP contribution is -1.84. The molecule has 1 aliphatic heterocycles. The van der Waals surface area contributed by atoms with E-state index in [1.165, 1.54) is 5.56 Å². The van der Waals surface area contributed by atoms with Gasteiger partial charge in [0.15, 0.2) is 0 Å². The van der Waals surface area contributed by atoms with Gasteiger partial charge in [0.1, 0.15) is 0 Å². The van der Waals surface area contributed by atoms with Gasteiger partial charge in [0.2, 0.25) is 0 Å². The molecule has 0 saturated carbocycles. The fraction of sp³-hybridized carbons (Fsp3) is 0.400. The van der Waals surface area contributed by atoms with Crippen molar-refractivity contribution in [1.82, 2.24) is 0 Å². The molecule has 0 aliphatic carbocycles. The Bertz CT molecular complexity index is 191. The first-order valence-electron chi connectivity index (χ1n) is 4.04. The van der Waals surface area contributed by atoms with Crippen LogP contribution < -0.4 is 0 Å². The molecule has 0 amide bonds. The smallest absolute Gasteiger partial charge is 0.0713 e. The van der Waals surface area contributed by atoms with E-state index in [0.717, 1.165) is 13.2 Å². The van der Waals surface area contributed by atoms with Gasteiger partial charge in [-0.15, -0.1) is 0 Å². The predicted molar refractivity (Wildman–Crippen MR) is 48.0 cm³/mol. The molecule has 1 fully saturated rings. The number of ether oxygens (including phenoxy) is 2. The lowest BCUT2D eigenvalue weighted by molar-refractivity contribution is 0.185. The van der Waals surface area contributed by atoms with Crippen molar-refractivity contribution in [3.05, 3.63) is 35.9 Å². The van der Waals surface area contributed by atoms with Gasteiger partial charge in [-0.1, -0.05) is 30.3 Å². The van der Waals surface area contributed by atoms with Gasteiger partial charge in [-0.25, -0.2) is 0 Å². The molecule has 0 bridgehead atoms. The van der Waals surface area contributed by atoms with Gasteiger partial charge in [-0.2, -0.15) is 0 Å². The summed E-state index contributed by atoms with van der Waals surface area (Å²) in [6.07, 6.45) is 0. The van der Waals surface area contributed by atoms with Gasteiger partial charge in [0.05, 0.1) is 19.8 Å². The van der Waals surface area contributed by atoms with Crippen molar-refractivity contribution in [2.75, 3.05) is 20.3 Å². The van der Waals surface area contributed by atoms with Crippen molar-refractivity contribution < 1.29 is 9.47 Å². The average molecular weight is 166 g/mol. The summed E-state index contributed by atoms with van der Waals surface area (Å²) in [5.74, 6) is 0. The molecule has 2 nitrogen and oxygen atoms in total. The van der Waals surface area contributed by atoms with Crippen LogP contribution in [-0.2, 0) is 16.1 Å². The van der Waals surface area contributed by atoms with Crippen molar-refractivity contribution in [2.45, 2.75) is 6.61 Å². The molecule has 1 heterocycles. The molecule has 1 aliphatic rings. The zero-order chi connectivity index (χ0) is 8.65. The number of hydrogen-bond donors (Lipinski definition) is 0. The van der Waals surface area contributed by atoms with E-state index in [9.17, 15) is 0 Å². The Morgan fingerprint density at radius 2 is 1.83 bits per heavy atom. The monoisotopic (exact) mass is 166 g/mol. The first-order chi connectivity index (χ1) is 5.93. The highest BCUT2D eigenvalue weighted by Gasteiger charge is 1.94. The quantitative estimate of drug-likeness (QED) is 0.625. The maximum absolute atomic E-state index is 4.93. The molecular weight excluding hydrogens is 152 g/mol. The van der Waals surface area contributed by atoms with Crippen LogP contribution in [0.25, 0.3) is 0 Å². The van der Waals surface area contributed by atoms with E-state index in [0.29, 0.717) is 6.61 Å². The van der Waals surface area contributed by atoms with E-state index in [2.05, 4.69) is 4.74 Å². The third kappa shape index (κ3) is 4.88. The van der Waals surface area contributed by atoms with E-state index < -0.39 is 0 Å². The first-order valence-corrected chi connectivity index (χ1v) is 4.04. The SMILES string of the molecule is C1CO1.COCc1ccccc1. The lowest BCUT2D eigenvalue weighted by atomic mass is 10.2. The Kier molecular flexibility index (Phi) is 4.42. The highest BCUT2D eigenvalue weighted by Crippen LogP contribution is 1.98. The van der Waals surface area contributed by atoms with Crippen molar-refractivity contribution >= 4 is 0 Å². The number of hydrogen-bond acceptors (Lipinski definition) is 2. The first kappa shape index (κ1) is 9.23. The summed E-state index contributed by atoms with van der Waals surface area (Å²) in [5, 5.41) is 0. The van der Waals surface area contributed by atoms with Crippen molar-refractivity contribution in [3.8, 4) is 0 Å². The summed E-state index contributed by atoms with van der Waals surface area (Å²) in [6.45, 7) is 2.71. The van der Waals surface area contributed by atoms with Crippen molar-refractivity contribution in [1.29, 1.82) is 0 Å². The minimum Gasteiger partial charge on any atom is -0.380 e. The zero-order valence-electron chi connectivity index (χ0n) is 7.32. The molecule has 12 heavy (non-hydrogen) atoms. The molecule has 0 spiro atoms. The molecule has 0 atom stereocenters. The van der Waals surface area contributed by atoms with Crippen molar-refractivity contribution in [2.24, 2.45) is 0 Å². The topological polar surface area (TPSA) is 21.8 Å². The van der Waals surface area contributed by atoms with Gasteiger partial charge in [0.25, 0.3) is 0 Å². The molecule has 0 radical (unpaired) electrons. The molecule has 2 heteroatoms. The normalized spacial score (nSPS) is 13.1. The van der Waals surface area contributed by atoms with Crippen LogP contribution in [0.15, 0.2) is 30.3 Å². The molecule has 0 aromatic heterocycles. The summed E-state index contributed by atoms with van der Waals surface area (Å²) in [4.78, 5) is 0. The van der Waals surface area contributed by atoms with Gasteiger partial charge in [0, 0.05) is 7.11 Å². The van der Waals surface area contributed by atoms with E-state index in [4.69, 9.17) is 4.74 Å². The molecule has 66 valence electrons. The Morgan fingerprint density at radius 3 is 2.25 bits per heavy atom. The Morgan fingerprint density at radius 1 is 1.25 bits per heavy atom. The fourth-order valence-electron chi connectivity index (χ4n) is 0.741. The molecule has 1 saturated heterocycles. The van der Waals surface area contributed by atoms with Crippen LogP contribution in [0.4, 0.5) is 0 Å². The molecule has 0 unspecified atom stereocenters. The summed E-state index contributed by atoms with van der Waals surface area (Å²) < 4.78 is 9.43. The highest BCUT2D eigenvalue weighted by atomic mass is 16.6. The van der Waals surface area contributed by atoms with Crippen molar-refractivity contribution in [3.63, 3.8) is 0 Å². The predicted octanol–water partition coefficient (Wildman–Crippen LogP) is 1.85. The Hall–Kier alpha value is -0.860. The van der Waals surface area contributed by atoms with Crippen LogP contribution >= 0.6 is 0 Å². The van der Waals surface area contributed by atoms with Crippen LogP contribution in [0.1, 0.15) is 5.56 Å². The fourth-order valence-corrected chi connectivity index (χ4v) is 0.741. The number of methoxy groups -OCH3 is 1. The van der Waals surface area contributed by atoms with Crippen LogP contribution in [0.3, 0.4) is 0 Å². The summed E-state index contributed by atoms with van der Waals surface area (Å²) >= 11 is 0. The summed E-state index contributed by atoms with van der Waals surface area (Å²) in [6, 6.07) is 10.1. The molecule has 1 aromatic carbocycles. The van der Waals surface area contributed by atoms with Gasteiger partial charge in [-0.05, 0) is 5.56 Å².